The third-order valence-electron chi connectivity index (χ3n) is 3.88. The van der Waals surface area contributed by atoms with Crippen LogP contribution in [0.3, 0.4) is 0 Å². The minimum Gasteiger partial charge on any atom is -0.385 e. The van der Waals surface area contributed by atoms with Crippen LogP contribution >= 0.6 is 0 Å². The number of aromatic nitrogens is 2. The van der Waals surface area contributed by atoms with Gasteiger partial charge in [0, 0.05) is 31.2 Å². The highest BCUT2D eigenvalue weighted by atomic mass is 15.2. The molecule has 0 saturated heterocycles. The summed E-state index contributed by atoms with van der Waals surface area (Å²) in [5.74, 6) is 0.678. The molecule has 0 saturated carbocycles. The molecule has 1 aromatic heterocycles. The maximum atomic E-state index is 4.23. The predicted molar refractivity (Wildman–Crippen MR) is 73.8 cm³/mol. The second-order valence-electron chi connectivity index (χ2n) is 4.98. The zero-order valence-corrected chi connectivity index (χ0v) is 10.8. The fraction of sp³-hybridized carbons (Fsp3) is 0.400. The molecule has 3 heteroatoms. The van der Waals surface area contributed by atoms with Crippen LogP contribution in [0.5, 0.6) is 0 Å². The van der Waals surface area contributed by atoms with Crippen molar-refractivity contribution in [2.45, 2.75) is 25.2 Å². The quantitative estimate of drug-likeness (QED) is 0.895. The highest BCUT2D eigenvalue weighted by Gasteiger charge is 2.19. The van der Waals surface area contributed by atoms with Crippen molar-refractivity contribution < 1.29 is 0 Å². The maximum absolute atomic E-state index is 4.23. The highest BCUT2D eigenvalue weighted by molar-refractivity contribution is 5.54. The van der Waals surface area contributed by atoms with Crippen molar-refractivity contribution in [1.82, 2.24) is 9.78 Å². The average Bonchev–Trinajstić information content (AvgIpc) is 2.82. The van der Waals surface area contributed by atoms with Gasteiger partial charge < -0.3 is 5.32 Å². The summed E-state index contributed by atoms with van der Waals surface area (Å²) in [4.78, 5) is 0. The standard InChI is InChI=1S/C15H19N3/c1-18-13(9-11-17-18)7-6-12-8-10-16-15-5-3-2-4-14(12)15/h2-5,9,11-12,16H,6-8,10H2,1H3. The first-order valence-corrected chi connectivity index (χ1v) is 6.64. The van der Waals surface area contributed by atoms with Crippen LogP contribution in [0.1, 0.15) is 30.0 Å². The molecule has 0 bridgehead atoms. The molecule has 1 aliphatic heterocycles. The number of hydrogen-bond acceptors (Lipinski definition) is 2. The zero-order valence-electron chi connectivity index (χ0n) is 10.8. The second kappa shape index (κ2) is 4.84. The van der Waals surface area contributed by atoms with Gasteiger partial charge in [-0.3, -0.25) is 4.68 Å². The molecule has 3 rings (SSSR count). The molecule has 94 valence electrons. The van der Waals surface area contributed by atoms with Crippen LogP contribution in [-0.4, -0.2) is 16.3 Å². The summed E-state index contributed by atoms with van der Waals surface area (Å²) in [7, 11) is 2.02. The molecule has 0 aliphatic carbocycles. The number of fused-ring (bicyclic) bond motifs is 1. The predicted octanol–water partition coefficient (Wildman–Crippen LogP) is 2.95. The molecule has 2 heterocycles. The normalized spacial score (nSPS) is 18.2. The summed E-state index contributed by atoms with van der Waals surface area (Å²) >= 11 is 0. The molecule has 0 radical (unpaired) electrons. The van der Waals surface area contributed by atoms with Crippen LogP contribution in [0, 0.1) is 0 Å². The monoisotopic (exact) mass is 241 g/mol. The molecule has 1 atom stereocenters. The molecule has 18 heavy (non-hydrogen) atoms. The third-order valence-corrected chi connectivity index (χ3v) is 3.88. The lowest BCUT2D eigenvalue weighted by molar-refractivity contribution is 0.562. The van der Waals surface area contributed by atoms with E-state index in [0.29, 0.717) is 5.92 Å². The minimum absolute atomic E-state index is 0.678. The van der Waals surface area contributed by atoms with E-state index < -0.39 is 0 Å². The van der Waals surface area contributed by atoms with Crippen molar-refractivity contribution in [1.29, 1.82) is 0 Å². The Morgan fingerprint density at radius 1 is 1.33 bits per heavy atom. The lowest BCUT2D eigenvalue weighted by Gasteiger charge is -2.26. The fourth-order valence-electron chi connectivity index (χ4n) is 2.82. The Balaban J connectivity index is 1.73. The third kappa shape index (κ3) is 2.13. The Labute approximate surface area is 108 Å². The summed E-state index contributed by atoms with van der Waals surface area (Å²) in [6.07, 6.45) is 5.42. The van der Waals surface area contributed by atoms with E-state index in [-0.39, 0.29) is 0 Å². The van der Waals surface area contributed by atoms with Gasteiger partial charge in [0.1, 0.15) is 0 Å². The highest BCUT2D eigenvalue weighted by Crippen LogP contribution is 2.34. The molecule has 0 fully saturated rings. The molecule has 1 aromatic carbocycles. The Bertz CT molecular complexity index is 530. The van der Waals surface area contributed by atoms with Gasteiger partial charge in [0.25, 0.3) is 0 Å². The lowest BCUT2D eigenvalue weighted by Crippen LogP contribution is -2.17. The van der Waals surface area contributed by atoms with Gasteiger partial charge in [0.2, 0.25) is 0 Å². The number of aryl methyl sites for hydroxylation is 2. The zero-order chi connectivity index (χ0) is 12.4. The molecular weight excluding hydrogens is 222 g/mol. The van der Waals surface area contributed by atoms with Gasteiger partial charge in [-0.1, -0.05) is 18.2 Å². The van der Waals surface area contributed by atoms with Crippen LogP contribution in [0.15, 0.2) is 36.5 Å². The fourth-order valence-corrected chi connectivity index (χ4v) is 2.82. The first kappa shape index (κ1) is 11.3. The van der Waals surface area contributed by atoms with E-state index in [0.717, 1.165) is 13.0 Å². The summed E-state index contributed by atoms with van der Waals surface area (Å²) in [6.45, 7) is 1.09. The Morgan fingerprint density at radius 3 is 3.06 bits per heavy atom. The molecular formula is C15H19N3. The Morgan fingerprint density at radius 2 is 2.22 bits per heavy atom. The van der Waals surface area contributed by atoms with Crippen molar-refractivity contribution >= 4 is 5.69 Å². The van der Waals surface area contributed by atoms with Gasteiger partial charge in [-0.05, 0) is 42.9 Å². The largest absolute Gasteiger partial charge is 0.385 e. The Kier molecular flexibility index (Phi) is 3.05. The van der Waals surface area contributed by atoms with Crippen molar-refractivity contribution in [3.63, 3.8) is 0 Å². The van der Waals surface area contributed by atoms with Crippen LogP contribution in [0.25, 0.3) is 0 Å². The summed E-state index contributed by atoms with van der Waals surface area (Å²) in [5.41, 5.74) is 4.12. The lowest BCUT2D eigenvalue weighted by atomic mass is 9.87. The van der Waals surface area contributed by atoms with Gasteiger partial charge in [0.15, 0.2) is 0 Å². The number of nitrogens with zero attached hydrogens (tertiary/aromatic N) is 2. The van der Waals surface area contributed by atoms with Crippen LogP contribution < -0.4 is 5.32 Å². The maximum Gasteiger partial charge on any atom is 0.0492 e. The number of hydrogen-bond donors (Lipinski definition) is 1. The van der Waals surface area contributed by atoms with Crippen LogP contribution in [0.2, 0.25) is 0 Å². The number of benzene rings is 1. The van der Waals surface area contributed by atoms with Crippen molar-refractivity contribution in [2.75, 3.05) is 11.9 Å². The average molecular weight is 241 g/mol. The molecule has 0 amide bonds. The molecule has 1 unspecified atom stereocenters. The van der Waals surface area contributed by atoms with Crippen LogP contribution in [-0.2, 0) is 13.5 Å². The van der Waals surface area contributed by atoms with Gasteiger partial charge >= 0.3 is 0 Å². The molecule has 1 N–H and O–H groups in total. The van der Waals surface area contributed by atoms with Gasteiger partial charge in [-0.2, -0.15) is 5.10 Å². The van der Waals surface area contributed by atoms with Gasteiger partial charge in [-0.15, -0.1) is 0 Å². The summed E-state index contributed by atoms with van der Waals surface area (Å²) in [5, 5.41) is 7.71. The second-order valence-corrected chi connectivity index (χ2v) is 4.98. The first-order chi connectivity index (χ1) is 8.84. The Hall–Kier alpha value is -1.77. The van der Waals surface area contributed by atoms with E-state index in [2.05, 4.69) is 40.7 Å². The van der Waals surface area contributed by atoms with Crippen molar-refractivity contribution in [3.8, 4) is 0 Å². The number of para-hydroxylation sites is 1. The van der Waals surface area contributed by atoms with E-state index in [1.165, 1.54) is 29.8 Å². The molecule has 1 aliphatic rings. The molecule has 3 nitrogen and oxygen atoms in total. The van der Waals surface area contributed by atoms with Gasteiger partial charge in [-0.25, -0.2) is 0 Å². The van der Waals surface area contributed by atoms with E-state index in [1.54, 1.807) is 0 Å². The van der Waals surface area contributed by atoms with E-state index in [4.69, 9.17) is 0 Å². The van der Waals surface area contributed by atoms with Gasteiger partial charge in [0.05, 0.1) is 0 Å². The first-order valence-electron chi connectivity index (χ1n) is 6.64. The number of rotatable bonds is 3. The van der Waals surface area contributed by atoms with Crippen molar-refractivity contribution in [3.05, 3.63) is 47.8 Å². The van der Waals surface area contributed by atoms with E-state index in [1.807, 2.05) is 17.9 Å². The topological polar surface area (TPSA) is 29.9 Å². The minimum atomic E-state index is 0.678. The smallest absolute Gasteiger partial charge is 0.0492 e. The molecule has 0 spiro atoms. The van der Waals surface area contributed by atoms with E-state index in [9.17, 15) is 0 Å². The van der Waals surface area contributed by atoms with Crippen LogP contribution in [0.4, 0.5) is 5.69 Å². The summed E-state index contributed by atoms with van der Waals surface area (Å²) < 4.78 is 1.98. The summed E-state index contributed by atoms with van der Waals surface area (Å²) in [6, 6.07) is 10.8. The van der Waals surface area contributed by atoms with Crippen molar-refractivity contribution in [2.24, 2.45) is 7.05 Å². The SMILES string of the molecule is Cn1nccc1CCC1CCNc2ccccc21. The number of anilines is 1. The molecule has 2 aromatic rings. The van der Waals surface area contributed by atoms with E-state index >= 15 is 0 Å². The number of nitrogens with one attached hydrogen (secondary N) is 1.